The lowest BCUT2D eigenvalue weighted by molar-refractivity contribution is -0.122. The summed E-state index contributed by atoms with van der Waals surface area (Å²) < 4.78 is 11.5. The molecule has 7 heteroatoms. The van der Waals surface area contributed by atoms with Gasteiger partial charge in [0.15, 0.2) is 12.6 Å². The van der Waals surface area contributed by atoms with Gasteiger partial charge in [0.25, 0.3) is 5.91 Å². The molecule has 1 amide bonds. The van der Waals surface area contributed by atoms with Crippen LogP contribution in [-0.2, 0) is 17.9 Å². The number of likely N-dealkylation sites (N-methyl/N-ethyl adjacent to an activating group) is 1. The minimum Gasteiger partial charge on any atom is -0.491 e. The van der Waals surface area contributed by atoms with Crippen LogP contribution in [0.2, 0.25) is 0 Å². The van der Waals surface area contributed by atoms with Crippen LogP contribution >= 0.6 is 0 Å². The van der Waals surface area contributed by atoms with Crippen LogP contribution < -0.4 is 25.4 Å². The fraction of sp³-hybridized carbons (Fsp3) is 0.417. The molecule has 0 saturated heterocycles. The Bertz CT molecular complexity index is 881. The van der Waals surface area contributed by atoms with Crippen molar-refractivity contribution in [3.63, 3.8) is 0 Å². The van der Waals surface area contributed by atoms with Gasteiger partial charge in [-0.3, -0.25) is 9.79 Å². The van der Waals surface area contributed by atoms with E-state index in [1.54, 1.807) is 7.05 Å². The van der Waals surface area contributed by atoms with Gasteiger partial charge in [-0.15, -0.1) is 0 Å². The fourth-order valence-corrected chi connectivity index (χ4v) is 2.90. The summed E-state index contributed by atoms with van der Waals surface area (Å²) >= 11 is 0. The number of nitrogens with zero attached hydrogens (tertiary/aromatic N) is 1. The van der Waals surface area contributed by atoms with E-state index in [0.717, 1.165) is 22.4 Å². The third kappa shape index (κ3) is 8.58. The number of amides is 1. The molecule has 0 saturated carbocycles. The number of aryl methyl sites for hydroxylation is 1. The molecule has 0 bridgehead atoms. The molecule has 0 aliphatic rings. The van der Waals surface area contributed by atoms with E-state index in [2.05, 4.69) is 46.1 Å². The second-order valence-electron chi connectivity index (χ2n) is 7.45. The Labute approximate surface area is 185 Å². The molecular weight excluding hydrogens is 392 g/mol. The van der Waals surface area contributed by atoms with Crippen LogP contribution in [-0.4, -0.2) is 38.2 Å². The summed E-state index contributed by atoms with van der Waals surface area (Å²) in [5, 5.41) is 9.35. The van der Waals surface area contributed by atoms with Gasteiger partial charge < -0.3 is 25.4 Å². The van der Waals surface area contributed by atoms with E-state index in [4.69, 9.17) is 9.47 Å². The lowest BCUT2D eigenvalue weighted by Gasteiger charge is -2.17. The second-order valence-corrected chi connectivity index (χ2v) is 7.45. The molecule has 0 aromatic heterocycles. The van der Waals surface area contributed by atoms with Crippen LogP contribution in [0.1, 0.15) is 37.5 Å². The molecule has 0 heterocycles. The summed E-state index contributed by atoms with van der Waals surface area (Å²) in [7, 11) is 1.74. The summed E-state index contributed by atoms with van der Waals surface area (Å²) in [6, 6.07) is 13.8. The van der Waals surface area contributed by atoms with Gasteiger partial charge in [0.05, 0.1) is 6.10 Å². The quantitative estimate of drug-likeness (QED) is 0.401. The van der Waals surface area contributed by atoms with Gasteiger partial charge in [-0.05, 0) is 57.0 Å². The average molecular weight is 427 g/mol. The number of benzene rings is 2. The Balaban J connectivity index is 1.91. The van der Waals surface area contributed by atoms with Crippen LogP contribution in [0.5, 0.6) is 11.5 Å². The van der Waals surface area contributed by atoms with Crippen LogP contribution in [0, 0.1) is 6.92 Å². The molecule has 0 unspecified atom stereocenters. The van der Waals surface area contributed by atoms with E-state index in [-0.39, 0.29) is 18.6 Å². The van der Waals surface area contributed by atoms with Gasteiger partial charge in [0.1, 0.15) is 11.5 Å². The van der Waals surface area contributed by atoms with Gasteiger partial charge in [-0.1, -0.05) is 24.3 Å². The number of aliphatic imine (C=N–C) groups is 1. The van der Waals surface area contributed by atoms with E-state index in [9.17, 15) is 4.79 Å². The van der Waals surface area contributed by atoms with Crippen molar-refractivity contribution in [3.05, 3.63) is 59.2 Å². The van der Waals surface area contributed by atoms with E-state index in [1.807, 2.05) is 45.0 Å². The first kappa shape index (κ1) is 24.1. The molecule has 0 spiro atoms. The maximum absolute atomic E-state index is 11.6. The smallest absolute Gasteiger partial charge is 0.257 e. The molecular formula is C24H34N4O3. The maximum atomic E-state index is 11.6. The van der Waals surface area contributed by atoms with Crippen molar-refractivity contribution in [1.82, 2.24) is 16.0 Å². The predicted octanol–water partition coefficient (Wildman–Crippen LogP) is 3.16. The molecule has 0 atom stereocenters. The number of nitrogens with one attached hydrogen (secondary N) is 3. The van der Waals surface area contributed by atoms with Crippen molar-refractivity contribution in [2.45, 2.75) is 46.9 Å². The molecule has 31 heavy (non-hydrogen) atoms. The highest BCUT2D eigenvalue weighted by atomic mass is 16.5. The number of carbonyl (C=O) groups excluding carboxylic acids is 1. The Morgan fingerprint density at radius 3 is 2.55 bits per heavy atom. The number of rotatable bonds is 10. The highest BCUT2D eigenvalue weighted by molar-refractivity contribution is 5.79. The summed E-state index contributed by atoms with van der Waals surface area (Å²) in [4.78, 5) is 15.9. The zero-order chi connectivity index (χ0) is 22.6. The van der Waals surface area contributed by atoms with Gasteiger partial charge in [0, 0.05) is 32.2 Å². The molecule has 3 N–H and O–H groups in total. The molecule has 0 aliphatic carbocycles. The summed E-state index contributed by atoms with van der Waals surface area (Å²) in [6.45, 7) is 9.74. The van der Waals surface area contributed by atoms with E-state index in [0.29, 0.717) is 31.3 Å². The van der Waals surface area contributed by atoms with Crippen molar-refractivity contribution in [3.8, 4) is 11.5 Å². The predicted molar refractivity (Wildman–Crippen MR) is 125 cm³/mol. The first-order chi connectivity index (χ1) is 14.9. The second kappa shape index (κ2) is 12.5. The lowest BCUT2D eigenvalue weighted by atomic mass is 10.1. The lowest BCUT2D eigenvalue weighted by Crippen LogP contribution is -2.36. The number of ether oxygens (including phenoxy) is 2. The van der Waals surface area contributed by atoms with Gasteiger partial charge >= 0.3 is 0 Å². The monoisotopic (exact) mass is 426 g/mol. The van der Waals surface area contributed by atoms with Crippen LogP contribution in [0.15, 0.2) is 47.5 Å². The van der Waals surface area contributed by atoms with Gasteiger partial charge in [-0.25, -0.2) is 0 Å². The largest absolute Gasteiger partial charge is 0.491 e. The Hall–Kier alpha value is -3.22. The minimum atomic E-state index is -0.132. The number of guanidine groups is 1. The molecule has 0 aliphatic heterocycles. The number of hydrogen-bond acceptors (Lipinski definition) is 4. The van der Waals surface area contributed by atoms with Crippen LogP contribution in [0.3, 0.4) is 0 Å². The van der Waals surface area contributed by atoms with Crippen LogP contribution in [0.4, 0.5) is 0 Å². The Morgan fingerprint density at radius 1 is 1.06 bits per heavy atom. The van der Waals surface area contributed by atoms with E-state index >= 15 is 0 Å². The van der Waals surface area contributed by atoms with E-state index < -0.39 is 0 Å². The van der Waals surface area contributed by atoms with Crippen molar-refractivity contribution in [1.29, 1.82) is 0 Å². The molecule has 2 aromatic rings. The average Bonchev–Trinajstić information content (AvgIpc) is 2.74. The number of carbonyl (C=O) groups is 1. The van der Waals surface area contributed by atoms with Crippen molar-refractivity contribution >= 4 is 11.9 Å². The van der Waals surface area contributed by atoms with Crippen molar-refractivity contribution < 1.29 is 14.3 Å². The maximum Gasteiger partial charge on any atom is 0.257 e. The first-order valence-electron chi connectivity index (χ1n) is 10.6. The van der Waals surface area contributed by atoms with Gasteiger partial charge in [-0.2, -0.15) is 0 Å². The van der Waals surface area contributed by atoms with E-state index in [1.165, 1.54) is 0 Å². The molecule has 0 fully saturated rings. The molecule has 2 aromatic carbocycles. The summed E-state index contributed by atoms with van der Waals surface area (Å²) in [5.74, 6) is 2.09. The minimum absolute atomic E-state index is 0.00524. The molecule has 168 valence electrons. The van der Waals surface area contributed by atoms with Crippen molar-refractivity contribution in [2.24, 2.45) is 4.99 Å². The highest BCUT2D eigenvalue weighted by Crippen LogP contribution is 2.21. The molecule has 0 radical (unpaired) electrons. The third-order valence-electron chi connectivity index (χ3n) is 4.36. The van der Waals surface area contributed by atoms with Gasteiger partial charge in [0.2, 0.25) is 0 Å². The molecule has 2 rings (SSSR count). The third-order valence-corrected chi connectivity index (χ3v) is 4.36. The van der Waals surface area contributed by atoms with Crippen molar-refractivity contribution in [2.75, 3.05) is 20.2 Å². The Kier molecular flexibility index (Phi) is 9.68. The summed E-state index contributed by atoms with van der Waals surface area (Å²) in [6.07, 6.45) is 0.112. The summed E-state index contributed by atoms with van der Waals surface area (Å²) in [5.41, 5.74) is 3.26. The first-order valence-corrected chi connectivity index (χ1v) is 10.6. The standard InChI is InChI=1S/C24H34N4O3/c1-6-26-23(29)16-30-21-9-7-8-19(13-21)14-27-24(25-5)28-15-20-11-10-18(4)12-22(20)31-17(2)3/h7-13,17H,6,14-16H2,1-5H3,(H,26,29)(H2,25,27,28). The fourth-order valence-electron chi connectivity index (χ4n) is 2.90. The highest BCUT2D eigenvalue weighted by Gasteiger charge is 2.08. The number of hydrogen-bond donors (Lipinski definition) is 3. The van der Waals surface area contributed by atoms with Crippen LogP contribution in [0.25, 0.3) is 0 Å². The normalized spacial score (nSPS) is 11.2. The zero-order valence-electron chi connectivity index (χ0n) is 19.1. The SMILES string of the molecule is CCNC(=O)COc1cccc(CNC(=NC)NCc2ccc(C)cc2OC(C)C)c1. The topological polar surface area (TPSA) is 84.0 Å². The zero-order valence-corrected chi connectivity index (χ0v) is 19.1. The molecule has 7 nitrogen and oxygen atoms in total. The Morgan fingerprint density at radius 2 is 1.84 bits per heavy atom.